The summed E-state index contributed by atoms with van der Waals surface area (Å²) in [6, 6.07) is 0. The molecule has 0 aliphatic rings. The second kappa shape index (κ2) is 62.6. The molecule has 0 fully saturated rings. The molecule has 1 atom stereocenters. The highest BCUT2D eigenvalue weighted by atomic mass is 16.6. The van der Waals surface area contributed by atoms with Crippen LogP contribution in [0.5, 0.6) is 0 Å². The van der Waals surface area contributed by atoms with Gasteiger partial charge in [0.25, 0.3) is 0 Å². The summed E-state index contributed by atoms with van der Waals surface area (Å²) in [6.07, 6.45) is 86.3. The highest BCUT2D eigenvalue weighted by Gasteiger charge is 2.16. The first-order valence-corrected chi connectivity index (χ1v) is 31.5. The molecule has 0 aliphatic heterocycles. The zero-order valence-electron chi connectivity index (χ0n) is 47.9. The molecule has 0 spiro atoms. The van der Waals surface area contributed by atoms with Crippen molar-refractivity contribution >= 4 is 11.9 Å². The minimum Gasteiger partial charge on any atom is -0.462 e. The van der Waals surface area contributed by atoms with Crippen molar-refractivity contribution in [3.63, 3.8) is 0 Å². The fourth-order valence-electron chi connectivity index (χ4n) is 9.29. The summed E-state index contributed by atoms with van der Waals surface area (Å²) in [5, 5.41) is 9.66. The molecule has 1 N–H and O–H groups in total. The van der Waals surface area contributed by atoms with Crippen LogP contribution in [0.1, 0.15) is 322 Å². The lowest BCUT2D eigenvalue weighted by atomic mass is 10.0. The predicted molar refractivity (Wildman–Crippen MR) is 316 cm³/mol. The van der Waals surface area contributed by atoms with Gasteiger partial charge >= 0.3 is 11.9 Å². The number of hydrogen-bond acceptors (Lipinski definition) is 5. The van der Waals surface area contributed by atoms with Gasteiger partial charge in [-0.05, 0) is 83.5 Å². The Kier molecular flexibility index (Phi) is 60.3. The van der Waals surface area contributed by atoms with Gasteiger partial charge < -0.3 is 14.6 Å². The molecule has 5 heteroatoms. The second-order valence-electron chi connectivity index (χ2n) is 21.1. The van der Waals surface area contributed by atoms with Crippen LogP contribution in [-0.2, 0) is 19.1 Å². The summed E-state index contributed by atoms with van der Waals surface area (Å²) in [7, 11) is 0. The van der Waals surface area contributed by atoms with E-state index >= 15 is 0 Å². The van der Waals surface area contributed by atoms with E-state index in [4.69, 9.17) is 9.47 Å². The number of carbonyl (C=O) groups is 2. The molecule has 0 saturated heterocycles. The lowest BCUT2D eigenvalue weighted by Crippen LogP contribution is -2.28. The van der Waals surface area contributed by atoms with Gasteiger partial charge in [0.1, 0.15) is 6.61 Å². The normalized spacial score (nSPS) is 12.7. The summed E-state index contributed by atoms with van der Waals surface area (Å²) >= 11 is 0. The van der Waals surface area contributed by atoms with Gasteiger partial charge in [-0.3, -0.25) is 9.59 Å². The third-order valence-electron chi connectivity index (χ3n) is 14.0. The van der Waals surface area contributed by atoms with Crippen molar-refractivity contribution in [2.24, 2.45) is 0 Å². The van der Waals surface area contributed by atoms with Gasteiger partial charge in [0.2, 0.25) is 0 Å². The first-order chi connectivity index (χ1) is 35.6. The van der Waals surface area contributed by atoms with E-state index in [0.717, 1.165) is 77.0 Å². The maximum Gasteiger partial charge on any atom is 0.306 e. The first kappa shape index (κ1) is 69.3. The van der Waals surface area contributed by atoms with E-state index < -0.39 is 6.10 Å². The Balaban J connectivity index is 3.41. The van der Waals surface area contributed by atoms with Crippen LogP contribution >= 0.6 is 0 Å². The Bertz CT molecular complexity index is 1270. The largest absolute Gasteiger partial charge is 0.462 e. The average molecular weight is 1010 g/mol. The van der Waals surface area contributed by atoms with E-state index in [1.807, 2.05) is 0 Å². The van der Waals surface area contributed by atoms with E-state index in [-0.39, 0.29) is 25.2 Å². The Morgan fingerprint density at radius 2 is 0.597 bits per heavy atom. The Labute approximate surface area is 448 Å². The van der Waals surface area contributed by atoms with Gasteiger partial charge in [0.05, 0.1) is 6.61 Å². The van der Waals surface area contributed by atoms with E-state index in [1.165, 1.54) is 218 Å². The first-order valence-electron chi connectivity index (χ1n) is 31.5. The van der Waals surface area contributed by atoms with Crippen molar-refractivity contribution in [3.05, 3.63) is 72.9 Å². The molecule has 0 radical (unpaired) electrons. The second-order valence-corrected chi connectivity index (χ2v) is 21.1. The van der Waals surface area contributed by atoms with E-state index in [2.05, 4.69) is 86.8 Å². The maximum atomic E-state index is 12.3. The number of aliphatic hydroxyl groups is 1. The van der Waals surface area contributed by atoms with Crippen molar-refractivity contribution < 1.29 is 24.2 Å². The monoisotopic (exact) mass is 1000 g/mol. The lowest BCUT2D eigenvalue weighted by Gasteiger charge is -2.15. The predicted octanol–water partition coefficient (Wildman–Crippen LogP) is 21.5. The number of allylic oxidation sites excluding steroid dienone is 12. The minimum absolute atomic E-state index is 0.0682. The SMILES string of the molecule is CC/C=C\C/C=C\C/C=C\C/C=C\CCCCCCCCCCC(=O)OC(CO)COC(=O)CCCCCCCCCCCCCCCCCCCCCCCCCCC/C=C\C/C=C\CCCCCCC. The van der Waals surface area contributed by atoms with Crippen LogP contribution in [-0.4, -0.2) is 36.4 Å². The molecule has 72 heavy (non-hydrogen) atoms. The Morgan fingerprint density at radius 1 is 0.333 bits per heavy atom. The molecular formula is C67H120O5. The van der Waals surface area contributed by atoms with Crippen LogP contribution in [0, 0.1) is 0 Å². The van der Waals surface area contributed by atoms with E-state index in [0.29, 0.717) is 12.8 Å². The number of esters is 2. The molecule has 0 rings (SSSR count). The maximum absolute atomic E-state index is 12.3. The summed E-state index contributed by atoms with van der Waals surface area (Å²) in [5.74, 6) is -0.589. The van der Waals surface area contributed by atoms with Gasteiger partial charge in [-0.25, -0.2) is 0 Å². The molecule has 0 aromatic heterocycles. The summed E-state index contributed by atoms with van der Waals surface area (Å²) < 4.78 is 10.7. The molecule has 1 unspecified atom stereocenters. The fourth-order valence-corrected chi connectivity index (χ4v) is 9.29. The molecule has 5 nitrogen and oxygen atoms in total. The van der Waals surface area contributed by atoms with E-state index in [1.54, 1.807) is 0 Å². The van der Waals surface area contributed by atoms with Crippen LogP contribution in [0.4, 0.5) is 0 Å². The molecular weight excluding hydrogens is 885 g/mol. The molecule has 0 bridgehead atoms. The standard InChI is InChI=1S/C67H120O5/c1-3-5-7-9-11-13-15-17-19-21-23-25-26-27-28-29-30-31-32-33-34-35-36-37-38-39-40-42-43-45-47-49-51-53-55-57-59-61-66(69)71-64-65(63-68)72-67(70)62-60-58-56-54-52-50-48-46-44-41-24-22-20-18-16-14-12-10-8-6-4-2/h6,8,12,14-15,17-18,20-21,23-24,41,65,68H,3-5,7,9-11,13,16,19,22,25-40,42-64H2,1-2H3/b8-6-,14-12-,17-15-,20-18-,23-21-,41-24-. The average Bonchev–Trinajstić information content (AvgIpc) is 3.38. The molecule has 0 aromatic rings. The van der Waals surface area contributed by atoms with Crippen molar-refractivity contribution in [1.82, 2.24) is 0 Å². The molecule has 0 amide bonds. The highest BCUT2D eigenvalue weighted by Crippen LogP contribution is 2.17. The van der Waals surface area contributed by atoms with Gasteiger partial charge in [-0.2, -0.15) is 0 Å². The highest BCUT2D eigenvalue weighted by molar-refractivity contribution is 5.70. The minimum atomic E-state index is -0.779. The topological polar surface area (TPSA) is 72.8 Å². The molecule has 0 saturated carbocycles. The number of carbonyl (C=O) groups excluding carboxylic acids is 2. The van der Waals surface area contributed by atoms with Crippen LogP contribution in [0.15, 0.2) is 72.9 Å². The molecule has 418 valence electrons. The molecule has 0 aliphatic carbocycles. The van der Waals surface area contributed by atoms with Crippen LogP contribution in [0.25, 0.3) is 0 Å². The number of ether oxygens (including phenoxy) is 2. The van der Waals surface area contributed by atoms with Gasteiger partial charge in [0.15, 0.2) is 6.10 Å². The molecule has 0 aromatic carbocycles. The summed E-state index contributed by atoms with van der Waals surface area (Å²) in [5.41, 5.74) is 0. The fraction of sp³-hybridized carbons (Fsp3) is 0.791. The number of hydrogen-bond donors (Lipinski definition) is 1. The Morgan fingerprint density at radius 3 is 0.903 bits per heavy atom. The van der Waals surface area contributed by atoms with Crippen molar-refractivity contribution in [2.75, 3.05) is 13.2 Å². The van der Waals surface area contributed by atoms with Gasteiger partial charge in [-0.1, -0.05) is 299 Å². The third-order valence-corrected chi connectivity index (χ3v) is 14.0. The quantitative estimate of drug-likeness (QED) is 0.0373. The van der Waals surface area contributed by atoms with Crippen LogP contribution < -0.4 is 0 Å². The van der Waals surface area contributed by atoms with Crippen LogP contribution in [0.3, 0.4) is 0 Å². The van der Waals surface area contributed by atoms with Crippen molar-refractivity contribution in [3.8, 4) is 0 Å². The molecule has 0 heterocycles. The Hall–Kier alpha value is -2.66. The summed E-state index contributed by atoms with van der Waals surface area (Å²) in [4.78, 5) is 24.6. The number of unbranched alkanes of at least 4 members (excludes halogenated alkanes) is 38. The summed E-state index contributed by atoms with van der Waals surface area (Å²) in [6.45, 7) is 4.04. The van der Waals surface area contributed by atoms with Crippen molar-refractivity contribution in [1.29, 1.82) is 0 Å². The third kappa shape index (κ3) is 59.9. The van der Waals surface area contributed by atoms with Gasteiger partial charge in [-0.15, -0.1) is 0 Å². The smallest absolute Gasteiger partial charge is 0.306 e. The van der Waals surface area contributed by atoms with Crippen LogP contribution in [0.2, 0.25) is 0 Å². The zero-order valence-corrected chi connectivity index (χ0v) is 47.9. The van der Waals surface area contributed by atoms with Gasteiger partial charge in [0, 0.05) is 12.8 Å². The number of aliphatic hydroxyl groups excluding tert-OH is 1. The van der Waals surface area contributed by atoms with E-state index in [9.17, 15) is 14.7 Å². The van der Waals surface area contributed by atoms with Crippen molar-refractivity contribution in [2.45, 2.75) is 328 Å². The lowest BCUT2D eigenvalue weighted by molar-refractivity contribution is -0.161. The number of rotatable bonds is 58. The zero-order chi connectivity index (χ0) is 52.0.